The molecule has 0 bridgehead atoms. The topological polar surface area (TPSA) is 42.9 Å². The predicted molar refractivity (Wildman–Crippen MR) is 121 cm³/mol. The van der Waals surface area contributed by atoms with Gasteiger partial charge in [-0.3, -0.25) is 4.99 Å². The molecular formula is C19H42IN5. The van der Waals surface area contributed by atoms with Crippen LogP contribution in [0.5, 0.6) is 0 Å². The molecule has 1 fully saturated rings. The first-order chi connectivity index (χ1) is 11.4. The highest BCUT2D eigenvalue weighted by molar-refractivity contribution is 14.0. The zero-order chi connectivity index (χ0) is 17.9. The van der Waals surface area contributed by atoms with E-state index in [1.807, 2.05) is 0 Å². The lowest BCUT2D eigenvalue weighted by Gasteiger charge is -2.33. The Kier molecular flexibility index (Phi) is 14.0. The van der Waals surface area contributed by atoms with Gasteiger partial charge in [0.25, 0.3) is 0 Å². The fourth-order valence-corrected chi connectivity index (χ4v) is 2.98. The second-order valence-electron chi connectivity index (χ2n) is 7.95. The predicted octanol–water partition coefficient (Wildman–Crippen LogP) is 2.87. The molecule has 6 heteroatoms. The Balaban J connectivity index is 0.00000576. The van der Waals surface area contributed by atoms with Crippen LogP contribution in [0.3, 0.4) is 0 Å². The second-order valence-corrected chi connectivity index (χ2v) is 7.95. The molecular weight excluding hydrogens is 425 g/mol. The molecule has 0 saturated carbocycles. The fourth-order valence-electron chi connectivity index (χ4n) is 2.98. The maximum atomic E-state index is 4.82. The molecule has 2 unspecified atom stereocenters. The number of likely N-dealkylation sites (N-methyl/N-ethyl adjacent to an activating group) is 1. The molecule has 0 spiro atoms. The van der Waals surface area contributed by atoms with Gasteiger partial charge in [0.1, 0.15) is 0 Å². The first-order valence-corrected chi connectivity index (χ1v) is 9.86. The molecule has 1 saturated heterocycles. The van der Waals surface area contributed by atoms with Gasteiger partial charge in [-0.15, -0.1) is 24.0 Å². The van der Waals surface area contributed by atoms with Crippen molar-refractivity contribution in [2.24, 2.45) is 16.8 Å². The summed E-state index contributed by atoms with van der Waals surface area (Å²) >= 11 is 0. The summed E-state index contributed by atoms with van der Waals surface area (Å²) < 4.78 is 0. The first kappa shape index (κ1) is 24.9. The van der Waals surface area contributed by atoms with E-state index in [2.05, 4.69) is 62.1 Å². The molecule has 25 heavy (non-hydrogen) atoms. The van der Waals surface area contributed by atoms with Crippen LogP contribution in [0.25, 0.3) is 0 Å². The van der Waals surface area contributed by atoms with E-state index in [1.165, 1.54) is 39.0 Å². The van der Waals surface area contributed by atoms with Crippen molar-refractivity contribution >= 4 is 29.9 Å². The molecule has 2 atom stereocenters. The van der Waals surface area contributed by atoms with Crippen molar-refractivity contribution in [3.8, 4) is 0 Å². The maximum absolute atomic E-state index is 4.82. The zero-order valence-corrected chi connectivity index (χ0v) is 19.7. The van der Waals surface area contributed by atoms with Crippen LogP contribution < -0.4 is 10.6 Å². The Morgan fingerprint density at radius 2 is 1.68 bits per heavy atom. The summed E-state index contributed by atoms with van der Waals surface area (Å²) in [6.45, 7) is 19.0. The molecule has 0 aromatic rings. The van der Waals surface area contributed by atoms with Gasteiger partial charge in [-0.25, -0.2) is 0 Å². The molecule has 5 nitrogen and oxygen atoms in total. The van der Waals surface area contributed by atoms with E-state index in [-0.39, 0.29) is 24.0 Å². The highest BCUT2D eigenvalue weighted by Crippen LogP contribution is 2.07. The Bertz CT molecular complexity index is 354. The molecule has 1 aliphatic heterocycles. The van der Waals surface area contributed by atoms with Gasteiger partial charge >= 0.3 is 0 Å². The van der Waals surface area contributed by atoms with Gasteiger partial charge in [0.15, 0.2) is 5.96 Å². The van der Waals surface area contributed by atoms with E-state index in [0.717, 1.165) is 31.5 Å². The Morgan fingerprint density at radius 3 is 2.24 bits per heavy atom. The number of guanidine groups is 1. The van der Waals surface area contributed by atoms with Gasteiger partial charge in [-0.2, -0.15) is 0 Å². The smallest absolute Gasteiger partial charge is 0.191 e. The molecule has 0 aromatic carbocycles. The molecule has 0 amide bonds. The Morgan fingerprint density at radius 1 is 1.04 bits per heavy atom. The minimum atomic E-state index is 0. The Labute approximate surface area is 173 Å². The summed E-state index contributed by atoms with van der Waals surface area (Å²) in [6, 6.07) is 0.470. The number of hydrogen-bond donors (Lipinski definition) is 2. The highest BCUT2D eigenvalue weighted by atomic mass is 127. The van der Waals surface area contributed by atoms with Gasteiger partial charge < -0.3 is 20.4 Å². The van der Waals surface area contributed by atoms with Crippen LogP contribution in [0.4, 0.5) is 0 Å². The number of nitrogens with one attached hydrogen (secondary N) is 2. The molecule has 1 heterocycles. The zero-order valence-electron chi connectivity index (χ0n) is 17.3. The molecule has 150 valence electrons. The number of halogens is 1. The van der Waals surface area contributed by atoms with Gasteiger partial charge in [0.2, 0.25) is 0 Å². The number of nitrogens with zero attached hydrogens (tertiary/aromatic N) is 3. The summed E-state index contributed by atoms with van der Waals surface area (Å²) in [7, 11) is 2.21. The number of hydrogen-bond acceptors (Lipinski definition) is 3. The number of piperazine rings is 1. The quantitative estimate of drug-likeness (QED) is 0.311. The average molecular weight is 467 g/mol. The van der Waals surface area contributed by atoms with Crippen LogP contribution in [0.1, 0.15) is 47.5 Å². The number of aliphatic imine (C=N–C) groups is 1. The van der Waals surface area contributed by atoms with Crippen LogP contribution in [-0.2, 0) is 0 Å². The minimum Gasteiger partial charge on any atom is -0.357 e. The van der Waals surface area contributed by atoms with E-state index < -0.39 is 0 Å². The maximum Gasteiger partial charge on any atom is 0.191 e. The lowest BCUT2D eigenvalue weighted by Crippen LogP contribution is -2.46. The third-order valence-electron chi connectivity index (χ3n) is 4.63. The van der Waals surface area contributed by atoms with Crippen LogP contribution in [0.2, 0.25) is 0 Å². The van der Waals surface area contributed by atoms with E-state index in [0.29, 0.717) is 12.0 Å². The van der Waals surface area contributed by atoms with Crippen molar-refractivity contribution in [3.05, 3.63) is 0 Å². The van der Waals surface area contributed by atoms with Gasteiger partial charge in [0.05, 0.1) is 0 Å². The molecule has 1 rings (SSSR count). The third kappa shape index (κ3) is 12.0. The van der Waals surface area contributed by atoms with Crippen molar-refractivity contribution < 1.29 is 0 Å². The average Bonchev–Trinajstić information content (AvgIpc) is 2.53. The molecule has 0 aromatic heterocycles. The highest BCUT2D eigenvalue weighted by Gasteiger charge is 2.16. The Hall–Kier alpha value is -0.0800. The van der Waals surface area contributed by atoms with Crippen molar-refractivity contribution in [3.63, 3.8) is 0 Å². The molecule has 0 radical (unpaired) electrons. The van der Waals surface area contributed by atoms with Gasteiger partial charge in [0, 0.05) is 51.9 Å². The van der Waals surface area contributed by atoms with Crippen LogP contribution in [-0.4, -0.2) is 74.7 Å². The molecule has 2 N–H and O–H groups in total. The van der Waals surface area contributed by atoms with Crippen LogP contribution in [0.15, 0.2) is 4.99 Å². The normalized spacial score (nSPS) is 19.4. The summed E-state index contributed by atoms with van der Waals surface area (Å²) in [6.07, 6.45) is 2.45. The second kappa shape index (κ2) is 14.0. The lowest BCUT2D eigenvalue weighted by atomic mass is 10.0. The van der Waals surface area contributed by atoms with Crippen molar-refractivity contribution in [1.82, 2.24) is 20.4 Å². The van der Waals surface area contributed by atoms with Gasteiger partial charge in [-0.05, 0) is 45.6 Å². The van der Waals surface area contributed by atoms with E-state index in [4.69, 9.17) is 4.99 Å². The number of rotatable bonds is 9. The van der Waals surface area contributed by atoms with Gasteiger partial charge in [-0.1, -0.05) is 20.8 Å². The van der Waals surface area contributed by atoms with E-state index >= 15 is 0 Å². The minimum absolute atomic E-state index is 0. The monoisotopic (exact) mass is 467 g/mol. The fraction of sp³-hybridized carbons (Fsp3) is 0.947. The van der Waals surface area contributed by atoms with Crippen molar-refractivity contribution in [2.45, 2.75) is 53.5 Å². The SMILES string of the molecule is CCNC(=NCC(C)CN1CCN(C)CC1)NC(C)CCC(C)C.I. The van der Waals surface area contributed by atoms with Crippen molar-refractivity contribution in [2.75, 3.05) is 52.9 Å². The van der Waals surface area contributed by atoms with Crippen LogP contribution >= 0.6 is 24.0 Å². The van der Waals surface area contributed by atoms with E-state index in [9.17, 15) is 0 Å². The lowest BCUT2D eigenvalue weighted by molar-refractivity contribution is 0.140. The largest absolute Gasteiger partial charge is 0.357 e. The first-order valence-electron chi connectivity index (χ1n) is 9.86. The summed E-state index contributed by atoms with van der Waals surface area (Å²) in [5.41, 5.74) is 0. The molecule has 0 aliphatic carbocycles. The molecule has 1 aliphatic rings. The van der Waals surface area contributed by atoms with E-state index in [1.54, 1.807) is 0 Å². The summed E-state index contributed by atoms with van der Waals surface area (Å²) in [4.78, 5) is 9.80. The summed E-state index contributed by atoms with van der Waals surface area (Å²) in [5, 5.41) is 6.94. The van der Waals surface area contributed by atoms with Crippen LogP contribution in [0, 0.1) is 11.8 Å². The summed E-state index contributed by atoms with van der Waals surface area (Å²) in [5.74, 6) is 2.33. The van der Waals surface area contributed by atoms with Crippen molar-refractivity contribution in [1.29, 1.82) is 0 Å². The third-order valence-corrected chi connectivity index (χ3v) is 4.63. The standard InChI is InChI=1S/C19H41N5.HI/c1-7-20-19(22-18(5)9-8-16(2)3)21-14-17(4)15-24-12-10-23(6)11-13-24;/h16-18H,7-15H2,1-6H3,(H2,20,21,22);1H.